The molecule has 218 valence electrons. The summed E-state index contributed by atoms with van der Waals surface area (Å²) in [6, 6.07) is -0.881. The molecule has 0 heterocycles. The highest BCUT2D eigenvalue weighted by Gasteiger charge is 2.65. The first kappa shape index (κ1) is 29.8. The summed E-state index contributed by atoms with van der Waals surface area (Å²) in [5.41, 5.74) is 5.26. The fourth-order valence-electron chi connectivity index (χ4n) is 9.71. The molecule has 0 aliphatic heterocycles. The van der Waals surface area contributed by atoms with Crippen molar-refractivity contribution in [3.63, 3.8) is 0 Å². The van der Waals surface area contributed by atoms with Gasteiger partial charge < -0.3 is 31.5 Å². The number of carbonyl (C=O) groups is 2. The van der Waals surface area contributed by atoms with Crippen molar-refractivity contribution < 1.29 is 30.0 Å². The average molecular weight is 537 g/mol. The summed E-state index contributed by atoms with van der Waals surface area (Å²) < 4.78 is 0. The molecule has 4 saturated carbocycles. The third-order valence-electron chi connectivity index (χ3n) is 11.9. The first-order valence-electron chi connectivity index (χ1n) is 15.2. The van der Waals surface area contributed by atoms with Crippen LogP contribution in [0.5, 0.6) is 0 Å². The molecule has 4 fully saturated rings. The van der Waals surface area contributed by atoms with Gasteiger partial charge in [-0.25, -0.2) is 4.79 Å². The summed E-state index contributed by atoms with van der Waals surface area (Å²) >= 11 is 0. The predicted octanol–water partition coefficient (Wildman–Crippen LogP) is 3.06. The molecular formula is C30H52N2O6. The van der Waals surface area contributed by atoms with E-state index in [4.69, 9.17) is 5.73 Å². The van der Waals surface area contributed by atoms with Crippen molar-refractivity contribution in [3.8, 4) is 0 Å². The maximum Gasteiger partial charge on any atom is 0.326 e. The molecule has 0 bridgehead atoms. The van der Waals surface area contributed by atoms with Crippen LogP contribution < -0.4 is 11.1 Å². The number of amides is 1. The Bertz CT molecular complexity index is 855. The summed E-state index contributed by atoms with van der Waals surface area (Å²) in [5.74, 6) is 0.202. The zero-order chi connectivity index (χ0) is 27.8. The van der Waals surface area contributed by atoms with Crippen LogP contribution in [-0.2, 0) is 9.59 Å². The third kappa shape index (κ3) is 5.39. The second kappa shape index (κ2) is 11.7. The topological polar surface area (TPSA) is 153 Å². The zero-order valence-electron chi connectivity index (χ0n) is 23.6. The number of unbranched alkanes of at least 4 members (excludes halogenated alkanes) is 1. The van der Waals surface area contributed by atoms with Crippen molar-refractivity contribution in [3.05, 3.63) is 0 Å². The van der Waals surface area contributed by atoms with E-state index in [1.807, 2.05) is 0 Å². The van der Waals surface area contributed by atoms with Crippen LogP contribution in [0.3, 0.4) is 0 Å². The number of hydrogen-bond donors (Lipinski definition) is 6. The van der Waals surface area contributed by atoms with Crippen LogP contribution in [0.15, 0.2) is 0 Å². The summed E-state index contributed by atoms with van der Waals surface area (Å²) in [6.07, 6.45) is 7.50. The predicted molar refractivity (Wildman–Crippen MR) is 145 cm³/mol. The largest absolute Gasteiger partial charge is 0.480 e. The van der Waals surface area contributed by atoms with Gasteiger partial charge in [-0.2, -0.15) is 0 Å². The molecule has 4 aliphatic rings. The molecule has 2 unspecified atom stereocenters. The van der Waals surface area contributed by atoms with Crippen LogP contribution >= 0.6 is 0 Å². The van der Waals surface area contributed by atoms with Crippen LogP contribution in [0.25, 0.3) is 0 Å². The number of fused-ring (bicyclic) bond motifs is 5. The Balaban J connectivity index is 1.41. The monoisotopic (exact) mass is 536 g/mol. The quantitative estimate of drug-likeness (QED) is 0.235. The molecule has 0 saturated heterocycles. The fourth-order valence-corrected chi connectivity index (χ4v) is 9.71. The van der Waals surface area contributed by atoms with Gasteiger partial charge >= 0.3 is 5.97 Å². The van der Waals surface area contributed by atoms with E-state index in [0.29, 0.717) is 38.1 Å². The number of aliphatic carboxylic acids is 1. The number of carboxylic acid groups (broad SMARTS) is 1. The van der Waals surface area contributed by atoms with Gasteiger partial charge in [0.25, 0.3) is 0 Å². The van der Waals surface area contributed by atoms with Gasteiger partial charge in [0.1, 0.15) is 6.04 Å². The van der Waals surface area contributed by atoms with Gasteiger partial charge in [-0.15, -0.1) is 0 Å². The minimum absolute atomic E-state index is 0.0536. The number of nitrogens with one attached hydrogen (secondary N) is 1. The zero-order valence-corrected chi connectivity index (χ0v) is 23.6. The second-order valence-corrected chi connectivity index (χ2v) is 13.8. The number of carboxylic acids is 1. The van der Waals surface area contributed by atoms with Crippen molar-refractivity contribution in [2.24, 2.45) is 52.1 Å². The van der Waals surface area contributed by atoms with Gasteiger partial charge in [0.2, 0.25) is 5.91 Å². The minimum atomic E-state index is -1.01. The molecule has 0 aromatic heterocycles. The average Bonchev–Trinajstić information content (AvgIpc) is 3.22. The molecule has 0 radical (unpaired) electrons. The van der Waals surface area contributed by atoms with E-state index in [1.165, 1.54) is 0 Å². The van der Waals surface area contributed by atoms with Crippen molar-refractivity contribution in [1.29, 1.82) is 0 Å². The molecule has 7 N–H and O–H groups in total. The van der Waals surface area contributed by atoms with E-state index in [1.54, 1.807) is 0 Å². The van der Waals surface area contributed by atoms with Crippen LogP contribution in [0.4, 0.5) is 0 Å². The standard InChI is InChI=1S/C30H52N2O6/c1-17(7-10-26(36)32-23(28(37)38)6-4-5-13-31)20-8-9-21-27-22(16-25(35)30(20,21)3)29(2)12-11-19(33)14-18(29)15-24(27)34/h17-25,27,33-35H,4-16,31H2,1-3H3,(H,32,36)(H,37,38)/t17-,18+,19-,20-,21?,22+,23?,24-,25+,27+,29+,30-/m1/s1. The SMILES string of the molecule is C[C@H](CCC(=O)NC(CCCCN)C(=O)O)[C@H]1CCC2[C@@H]3[C@H](O)C[C@@H]4C[C@H](O)CC[C@]4(C)[C@H]3C[C@H](O)[C@@]21C. The number of aliphatic hydroxyl groups is 3. The first-order chi connectivity index (χ1) is 17.9. The molecule has 0 spiro atoms. The highest BCUT2D eigenvalue weighted by molar-refractivity contribution is 5.83. The second-order valence-electron chi connectivity index (χ2n) is 13.8. The lowest BCUT2D eigenvalue weighted by Crippen LogP contribution is -2.62. The van der Waals surface area contributed by atoms with Gasteiger partial charge in [-0.3, -0.25) is 4.79 Å². The van der Waals surface area contributed by atoms with E-state index in [2.05, 4.69) is 26.1 Å². The van der Waals surface area contributed by atoms with Crippen LogP contribution in [0, 0.1) is 46.3 Å². The number of rotatable bonds is 10. The smallest absolute Gasteiger partial charge is 0.326 e. The molecule has 4 rings (SSSR count). The highest BCUT2D eigenvalue weighted by Crippen LogP contribution is 2.68. The first-order valence-corrected chi connectivity index (χ1v) is 15.2. The Morgan fingerprint density at radius 1 is 1.00 bits per heavy atom. The summed E-state index contributed by atoms with van der Waals surface area (Å²) in [5, 5.41) is 45.6. The van der Waals surface area contributed by atoms with Crippen molar-refractivity contribution in [1.82, 2.24) is 5.32 Å². The van der Waals surface area contributed by atoms with E-state index in [9.17, 15) is 30.0 Å². The van der Waals surface area contributed by atoms with Gasteiger partial charge in [0, 0.05) is 6.42 Å². The summed E-state index contributed by atoms with van der Waals surface area (Å²) in [7, 11) is 0. The van der Waals surface area contributed by atoms with Crippen molar-refractivity contribution >= 4 is 11.9 Å². The van der Waals surface area contributed by atoms with Crippen molar-refractivity contribution in [2.75, 3.05) is 6.54 Å². The number of nitrogens with two attached hydrogens (primary N) is 1. The van der Waals surface area contributed by atoms with Gasteiger partial charge in [-0.05, 0) is 124 Å². The summed E-state index contributed by atoms with van der Waals surface area (Å²) in [4.78, 5) is 24.2. The number of aliphatic hydroxyl groups excluding tert-OH is 3. The Hall–Kier alpha value is -1.22. The molecule has 38 heavy (non-hydrogen) atoms. The number of carbonyl (C=O) groups excluding carboxylic acids is 1. The maximum atomic E-state index is 12.7. The van der Waals surface area contributed by atoms with Gasteiger partial charge in [-0.1, -0.05) is 20.8 Å². The molecule has 8 heteroatoms. The minimum Gasteiger partial charge on any atom is -0.480 e. The lowest BCUT2D eigenvalue weighted by Gasteiger charge is -2.63. The normalized spacial score (nSPS) is 43.9. The molecular weight excluding hydrogens is 484 g/mol. The lowest BCUT2D eigenvalue weighted by atomic mass is 9.43. The Kier molecular flexibility index (Phi) is 9.17. The van der Waals surface area contributed by atoms with Crippen LogP contribution in [-0.4, -0.2) is 63.2 Å². The van der Waals surface area contributed by atoms with E-state index in [0.717, 1.165) is 44.9 Å². The molecule has 8 nitrogen and oxygen atoms in total. The van der Waals surface area contributed by atoms with Crippen molar-refractivity contribution in [2.45, 2.75) is 122 Å². The molecule has 0 aromatic carbocycles. The van der Waals surface area contributed by atoms with Crippen LogP contribution in [0.1, 0.15) is 97.8 Å². The Morgan fingerprint density at radius 2 is 1.74 bits per heavy atom. The Labute approximate surface area is 228 Å². The summed E-state index contributed by atoms with van der Waals surface area (Å²) in [6.45, 7) is 7.23. The number of hydrogen-bond acceptors (Lipinski definition) is 6. The van der Waals surface area contributed by atoms with E-state index in [-0.39, 0.29) is 58.9 Å². The maximum absolute atomic E-state index is 12.7. The molecule has 12 atom stereocenters. The van der Waals surface area contributed by atoms with E-state index >= 15 is 0 Å². The highest BCUT2D eigenvalue weighted by atomic mass is 16.4. The fraction of sp³-hybridized carbons (Fsp3) is 0.933. The van der Waals surface area contributed by atoms with Gasteiger partial charge in [0.05, 0.1) is 18.3 Å². The Morgan fingerprint density at radius 3 is 2.42 bits per heavy atom. The van der Waals surface area contributed by atoms with E-state index < -0.39 is 24.2 Å². The molecule has 0 aromatic rings. The van der Waals surface area contributed by atoms with Gasteiger partial charge in [0.15, 0.2) is 0 Å². The third-order valence-corrected chi connectivity index (χ3v) is 11.9. The lowest BCUT2D eigenvalue weighted by molar-refractivity contribution is -0.207. The molecule has 4 aliphatic carbocycles. The van der Waals surface area contributed by atoms with Crippen LogP contribution in [0.2, 0.25) is 0 Å². The molecule has 1 amide bonds.